The second-order valence-corrected chi connectivity index (χ2v) is 5.35. The van der Waals surface area contributed by atoms with Gasteiger partial charge in [-0.2, -0.15) is 13.2 Å². The molecule has 0 atom stereocenters. The number of amides is 1. The number of aryl methyl sites for hydroxylation is 1. The minimum atomic E-state index is -4.53. The lowest BCUT2D eigenvalue weighted by Crippen LogP contribution is -2.17. The second kappa shape index (κ2) is 6.62. The zero-order valence-corrected chi connectivity index (χ0v) is 13.3. The summed E-state index contributed by atoms with van der Waals surface area (Å²) in [5.41, 5.74) is 0.975. The molecule has 1 N–H and O–H groups in total. The van der Waals surface area contributed by atoms with Crippen molar-refractivity contribution < 1.29 is 18.0 Å². The molecule has 2 aromatic carbocycles. The fourth-order valence-corrected chi connectivity index (χ4v) is 2.80. The smallest absolute Gasteiger partial charge is 0.355 e. The molecular weight excluding hydrogens is 327 g/mol. The molecule has 0 saturated carbocycles. The van der Waals surface area contributed by atoms with Crippen LogP contribution in [-0.2, 0) is 12.6 Å². The molecule has 0 aliphatic rings. The van der Waals surface area contributed by atoms with Gasteiger partial charge in [0.05, 0.1) is 10.6 Å². The van der Waals surface area contributed by atoms with Gasteiger partial charge in [-0.3, -0.25) is 4.79 Å². The zero-order valence-electron chi connectivity index (χ0n) is 12.6. The summed E-state index contributed by atoms with van der Waals surface area (Å²) in [4.78, 5) is 11.7. The first-order chi connectivity index (χ1) is 10.8. The molecule has 0 aliphatic carbocycles. The molecule has 0 fully saturated rings. The summed E-state index contributed by atoms with van der Waals surface area (Å²) >= 11 is 6.06. The average molecular weight is 342 g/mol. The third-order valence-corrected chi connectivity index (χ3v) is 3.95. The molecule has 0 aliphatic heterocycles. The van der Waals surface area contributed by atoms with Crippen LogP contribution in [0.5, 0.6) is 0 Å². The Bertz CT molecular complexity index is 741. The van der Waals surface area contributed by atoms with Crippen molar-refractivity contribution >= 4 is 17.5 Å². The van der Waals surface area contributed by atoms with Crippen molar-refractivity contribution in [3.8, 4) is 11.1 Å². The van der Waals surface area contributed by atoms with Crippen molar-refractivity contribution in [2.45, 2.75) is 19.5 Å². The van der Waals surface area contributed by atoms with E-state index in [9.17, 15) is 18.0 Å². The van der Waals surface area contributed by atoms with E-state index in [4.69, 9.17) is 11.6 Å². The summed E-state index contributed by atoms with van der Waals surface area (Å²) < 4.78 is 39.3. The van der Waals surface area contributed by atoms with Crippen LogP contribution in [-0.4, -0.2) is 13.0 Å². The fraction of sp³-hybridized carbons (Fsp3) is 0.235. The summed E-state index contributed by atoms with van der Waals surface area (Å²) in [6.45, 7) is 1.84. The number of hydrogen-bond donors (Lipinski definition) is 1. The van der Waals surface area contributed by atoms with Gasteiger partial charge in [-0.15, -0.1) is 0 Å². The lowest BCUT2D eigenvalue weighted by Gasteiger charge is -2.16. The molecule has 0 radical (unpaired) electrons. The van der Waals surface area contributed by atoms with Crippen molar-refractivity contribution in [3.63, 3.8) is 0 Å². The van der Waals surface area contributed by atoms with Gasteiger partial charge in [0, 0.05) is 18.2 Å². The predicted octanol–water partition coefficient (Wildman–Crippen LogP) is 4.95. The molecule has 0 spiro atoms. The average Bonchev–Trinajstić information content (AvgIpc) is 2.52. The molecule has 2 aromatic rings. The Morgan fingerprint density at radius 2 is 1.91 bits per heavy atom. The summed E-state index contributed by atoms with van der Waals surface area (Å²) in [5.74, 6) is -0.312. The maximum atomic E-state index is 13.1. The van der Waals surface area contributed by atoms with E-state index in [-0.39, 0.29) is 10.9 Å². The van der Waals surface area contributed by atoms with Gasteiger partial charge in [0.2, 0.25) is 0 Å². The van der Waals surface area contributed by atoms with Crippen LogP contribution in [0.3, 0.4) is 0 Å². The number of nitrogens with one attached hydrogen (secondary N) is 1. The van der Waals surface area contributed by atoms with Gasteiger partial charge in [0.25, 0.3) is 5.91 Å². The molecule has 6 heteroatoms. The van der Waals surface area contributed by atoms with Crippen LogP contribution in [0.1, 0.15) is 28.4 Å². The molecule has 0 aromatic heterocycles. The second-order valence-electron chi connectivity index (χ2n) is 4.97. The highest BCUT2D eigenvalue weighted by molar-refractivity contribution is 6.34. The summed E-state index contributed by atoms with van der Waals surface area (Å²) in [7, 11) is 1.49. The van der Waals surface area contributed by atoms with Crippen molar-refractivity contribution in [2.75, 3.05) is 7.05 Å². The first-order valence-electron chi connectivity index (χ1n) is 7.00. The van der Waals surface area contributed by atoms with Gasteiger partial charge in [-0.05, 0) is 35.7 Å². The fourth-order valence-electron chi connectivity index (χ4n) is 2.40. The normalized spacial score (nSPS) is 11.4. The Kier molecular flexibility index (Phi) is 5.00. The van der Waals surface area contributed by atoms with Crippen molar-refractivity contribution in [1.82, 2.24) is 5.32 Å². The molecule has 1 amide bonds. The number of rotatable bonds is 3. The van der Waals surface area contributed by atoms with Crippen molar-refractivity contribution in [3.05, 3.63) is 58.1 Å². The summed E-state index contributed by atoms with van der Waals surface area (Å²) in [6, 6.07) is 8.82. The van der Waals surface area contributed by atoms with E-state index in [0.29, 0.717) is 28.7 Å². The van der Waals surface area contributed by atoms with Gasteiger partial charge < -0.3 is 5.32 Å². The number of alkyl halides is 3. The van der Waals surface area contributed by atoms with Crippen LogP contribution in [0, 0.1) is 0 Å². The Morgan fingerprint density at radius 3 is 2.48 bits per heavy atom. The Labute approximate surface area is 137 Å². The highest BCUT2D eigenvalue weighted by Gasteiger charge is 2.34. The molecule has 0 unspecified atom stereocenters. The van der Waals surface area contributed by atoms with E-state index in [1.165, 1.54) is 13.1 Å². The molecule has 0 saturated heterocycles. The first-order valence-corrected chi connectivity index (χ1v) is 7.38. The van der Waals surface area contributed by atoms with Crippen LogP contribution < -0.4 is 5.32 Å². The zero-order chi connectivity index (χ0) is 17.2. The van der Waals surface area contributed by atoms with Crippen LogP contribution in [0.4, 0.5) is 13.2 Å². The van der Waals surface area contributed by atoms with Gasteiger partial charge in [-0.25, -0.2) is 0 Å². The molecular formula is C17H15ClF3NO. The number of carbonyl (C=O) groups excluding carboxylic acids is 1. The topological polar surface area (TPSA) is 29.1 Å². The standard InChI is InChI=1S/C17H15ClF3NO/c1-3-10-7-8-13(17(19,20)21)15(18)14(10)11-5-4-6-12(9-11)16(23)22-2/h4-9H,3H2,1-2H3,(H,22,23). The van der Waals surface area contributed by atoms with E-state index in [2.05, 4.69) is 5.32 Å². The monoisotopic (exact) mass is 341 g/mol. The van der Waals surface area contributed by atoms with Crippen molar-refractivity contribution in [2.24, 2.45) is 0 Å². The van der Waals surface area contributed by atoms with Gasteiger partial charge >= 0.3 is 6.18 Å². The first kappa shape index (κ1) is 17.3. The van der Waals surface area contributed by atoms with E-state index in [1.807, 2.05) is 6.92 Å². The third kappa shape index (κ3) is 3.50. The molecule has 2 rings (SSSR count). The lowest BCUT2D eigenvalue weighted by molar-refractivity contribution is -0.137. The number of halogens is 4. The van der Waals surface area contributed by atoms with E-state index in [1.54, 1.807) is 24.3 Å². The van der Waals surface area contributed by atoms with Gasteiger partial charge in [0.1, 0.15) is 0 Å². The van der Waals surface area contributed by atoms with Crippen molar-refractivity contribution in [1.29, 1.82) is 0 Å². The van der Waals surface area contributed by atoms with Crippen LogP contribution in [0.15, 0.2) is 36.4 Å². The molecule has 0 bridgehead atoms. The van der Waals surface area contributed by atoms with Gasteiger partial charge in [-0.1, -0.05) is 36.7 Å². The third-order valence-electron chi connectivity index (χ3n) is 3.56. The maximum Gasteiger partial charge on any atom is 0.417 e. The van der Waals surface area contributed by atoms with Crippen LogP contribution in [0.25, 0.3) is 11.1 Å². The van der Waals surface area contributed by atoms with E-state index < -0.39 is 11.7 Å². The highest BCUT2D eigenvalue weighted by atomic mass is 35.5. The van der Waals surface area contributed by atoms with Crippen LogP contribution >= 0.6 is 11.6 Å². The summed E-state index contributed by atoms with van der Waals surface area (Å²) in [6.07, 6.45) is -4.01. The molecule has 122 valence electrons. The lowest BCUT2D eigenvalue weighted by atomic mass is 9.94. The number of benzene rings is 2. The largest absolute Gasteiger partial charge is 0.417 e. The highest BCUT2D eigenvalue weighted by Crippen LogP contribution is 2.41. The number of carbonyl (C=O) groups is 1. The molecule has 2 nitrogen and oxygen atoms in total. The van der Waals surface area contributed by atoms with Crippen LogP contribution in [0.2, 0.25) is 5.02 Å². The minimum absolute atomic E-state index is 0.312. The van der Waals surface area contributed by atoms with E-state index >= 15 is 0 Å². The Hall–Kier alpha value is -2.01. The number of hydrogen-bond acceptors (Lipinski definition) is 1. The SMILES string of the molecule is CCc1ccc(C(F)(F)F)c(Cl)c1-c1cccc(C(=O)NC)c1. The van der Waals surface area contributed by atoms with E-state index in [0.717, 1.165) is 6.07 Å². The molecule has 23 heavy (non-hydrogen) atoms. The quantitative estimate of drug-likeness (QED) is 0.841. The Morgan fingerprint density at radius 1 is 1.22 bits per heavy atom. The Balaban J connectivity index is 2.69. The predicted molar refractivity (Wildman–Crippen MR) is 84.7 cm³/mol. The minimum Gasteiger partial charge on any atom is -0.355 e. The van der Waals surface area contributed by atoms with Gasteiger partial charge in [0.15, 0.2) is 0 Å². The maximum absolute atomic E-state index is 13.1. The molecule has 0 heterocycles. The summed E-state index contributed by atoms with van der Waals surface area (Å²) in [5, 5.41) is 2.15.